The average Bonchev–Trinajstić information content (AvgIpc) is 2.95. The van der Waals surface area contributed by atoms with Crippen molar-refractivity contribution >= 4 is 34.8 Å². The lowest BCUT2D eigenvalue weighted by molar-refractivity contribution is -0.384. The quantitative estimate of drug-likeness (QED) is 0.338. The summed E-state index contributed by atoms with van der Waals surface area (Å²) in [6.07, 6.45) is 0. The number of benzene rings is 3. The monoisotopic (exact) mass is 408 g/mol. The van der Waals surface area contributed by atoms with Crippen LogP contribution < -0.4 is 9.64 Å². The van der Waals surface area contributed by atoms with Crippen LogP contribution in [0.4, 0.5) is 11.4 Å². The third kappa shape index (κ3) is 3.21. The van der Waals surface area contributed by atoms with Gasteiger partial charge < -0.3 is 4.74 Å². The first-order valence-corrected chi connectivity index (χ1v) is 8.95. The van der Waals surface area contributed by atoms with Crippen LogP contribution >= 0.6 is 11.6 Å². The highest BCUT2D eigenvalue weighted by molar-refractivity contribution is 6.35. The molecular weight excluding hydrogens is 396 g/mol. The predicted octanol–water partition coefficient (Wildman–Crippen LogP) is 5.15. The Morgan fingerprint density at radius 2 is 1.72 bits per heavy atom. The highest BCUT2D eigenvalue weighted by atomic mass is 35.5. The van der Waals surface area contributed by atoms with E-state index in [4.69, 9.17) is 16.3 Å². The number of hydrogen-bond donors (Lipinski definition) is 0. The number of hydrogen-bond acceptors (Lipinski definition) is 5. The number of anilines is 1. The van der Waals surface area contributed by atoms with Crippen molar-refractivity contribution < 1.29 is 19.2 Å². The van der Waals surface area contributed by atoms with Crippen LogP contribution in [0.25, 0.3) is 0 Å². The molecule has 2 amide bonds. The van der Waals surface area contributed by atoms with Crippen molar-refractivity contribution in [2.75, 3.05) is 4.90 Å². The Kier molecular flexibility index (Phi) is 4.52. The molecule has 0 unspecified atom stereocenters. The topological polar surface area (TPSA) is 89.8 Å². The minimum atomic E-state index is -0.550. The molecule has 29 heavy (non-hydrogen) atoms. The molecule has 3 aromatic rings. The van der Waals surface area contributed by atoms with Crippen LogP contribution in [0, 0.1) is 17.0 Å². The Labute approximate surface area is 170 Å². The molecular formula is C21H13ClN2O5. The number of amides is 2. The number of nitro groups is 1. The van der Waals surface area contributed by atoms with E-state index in [2.05, 4.69) is 0 Å². The molecule has 0 saturated heterocycles. The van der Waals surface area contributed by atoms with E-state index in [9.17, 15) is 19.7 Å². The van der Waals surface area contributed by atoms with E-state index in [1.807, 2.05) is 0 Å². The van der Waals surface area contributed by atoms with Crippen LogP contribution in [0.15, 0.2) is 60.7 Å². The number of imide groups is 1. The summed E-state index contributed by atoms with van der Waals surface area (Å²) in [4.78, 5) is 37.5. The molecule has 1 aliphatic heterocycles. The van der Waals surface area contributed by atoms with Gasteiger partial charge in [0.2, 0.25) is 0 Å². The minimum Gasteiger partial charge on any atom is -0.457 e. The Morgan fingerprint density at radius 3 is 2.38 bits per heavy atom. The van der Waals surface area contributed by atoms with Crippen LogP contribution in [-0.2, 0) is 0 Å². The van der Waals surface area contributed by atoms with Crippen LogP contribution in [0.5, 0.6) is 11.5 Å². The van der Waals surface area contributed by atoms with Crippen LogP contribution in [-0.4, -0.2) is 16.7 Å². The highest BCUT2D eigenvalue weighted by Gasteiger charge is 2.40. The maximum atomic E-state index is 13.1. The van der Waals surface area contributed by atoms with E-state index in [-0.39, 0.29) is 22.6 Å². The minimum absolute atomic E-state index is 0.116. The van der Waals surface area contributed by atoms with E-state index in [0.717, 1.165) is 4.90 Å². The van der Waals surface area contributed by atoms with Gasteiger partial charge in [-0.25, -0.2) is 4.90 Å². The third-order valence-electron chi connectivity index (χ3n) is 4.55. The Bertz CT molecular complexity index is 1170. The number of carbonyl (C=O) groups is 2. The second-order valence-electron chi connectivity index (χ2n) is 6.41. The summed E-state index contributed by atoms with van der Waals surface area (Å²) in [5.74, 6) is -0.353. The molecule has 3 aromatic carbocycles. The molecule has 4 rings (SSSR count). The number of halogens is 1. The van der Waals surface area contributed by atoms with Crippen molar-refractivity contribution in [1.29, 1.82) is 0 Å². The maximum Gasteiger partial charge on any atom is 0.269 e. The van der Waals surface area contributed by atoms with E-state index in [1.54, 1.807) is 49.4 Å². The van der Waals surface area contributed by atoms with Gasteiger partial charge in [0, 0.05) is 17.2 Å². The fourth-order valence-corrected chi connectivity index (χ4v) is 3.32. The molecule has 7 nitrogen and oxygen atoms in total. The molecule has 0 saturated carbocycles. The van der Waals surface area contributed by atoms with Gasteiger partial charge in [-0.1, -0.05) is 17.7 Å². The Morgan fingerprint density at radius 1 is 1.00 bits per heavy atom. The lowest BCUT2D eigenvalue weighted by atomic mass is 10.1. The van der Waals surface area contributed by atoms with E-state index in [1.165, 1.54) is 18.2 Å². The number of fused-ring (bicyclic) bond motifs is 1. The molecule has 0 radical (unpaired) electrons. The zero-order valence-corrected chi connectivity index (χ0v) is 15.8. The molecule has 8 heteroatoms. The number of ether oxygens (including phenoxy) is 1. The molecule has 0 atom stereocenters. The van der Waals surface area contributed by atoms with Crippen molar-refractivity contribution in [2.24, 2.45) is 0 Å². The molecule has 0 spiro atoms. The summed E-state index contributed by atoms with van der Waals surface area (Å²) in [5.41, 5.74) is 0.965. The number of nitrogens with zero attached hydrogens (tertiary/aromatic N) is 2. The van der Waals surface area contributed by atoms with Gasteiger partial charge in [0.15, 0.2) is 0 Å². The first kappa shape index (κ1) is 18.6. The van der Waals surface area contributed by atoms with Crippen LogP contribution in [0.2, 0.25) is 5.02 Å². The number of non-ortho nitro benzene ring substituents is 1. The molecule has 0 aliphatic carbocycles. The SMILES string of the molecule is Cc1cc([N+](=O)[O-])ccc1N1C(=O)c2cccc(Oc3ccc(Cl)cc3)c2C1=O. The molecule has 1 heterocycles. The largest absolute Gasteiger partial charge is 0.457 e. The number of carbonyl (C=O) groups excluding carboxylic acids is 2. The lowest BCUT2D eigenvalue weighted by Crippen LogP contribution is -2.30. The van der Waals surface area contributed by atoms with Gasteiger partial charge in [0.1, 0.15) is 11.5 Å². The standard InChI is InChI=1S/C21H13ClN2O5/c1-12-11-14(24(27)28)7-10-17(12)23-20(25)16-3-2-4-18(19(16)21(23)26)29-15-8-5-13(22)6-9-15/h2-11H,1H3. The molecule has 0 N–H and O–H groups in total. The molecule has 1 aliphatic rings. The highest BCUT2D eigenvalue weighted by Crippen LogP contribution is 2.37. The maximum absolute atomic E-state index is 13.1. The first-order chi connectivity index (χ1) is 13.9. The van der Waals surface area contributed by atoms with Gasteiger partial charge in [-0.2, -0.15) is 0 Å². The van der Waals surface area contributed by atoms with Gasteiger partial charge in [0.25, 0.3) is 17.5 Å². The lowest BCUT2D eigenvalue weighted by Gasteiger charge is -2.16. The van der Waals surface area contributed by atoms with Gasteiger partial charge in [-0.15, -0.1) is 0 Å². The van der Waals surface area contributed by atoms with E-state index >= 15 is 0 Å². The molecule has 144 valence electrons. The smallest absolute Gasteiger partial charge is 0.269 e. The number of aryl methyl sites for hydroxylation is 1. The molecule has 0 fully saturated rings. The molecule has 0 bridgehead atoms. The second kappa shape index (κ2) is 7.03. The van der Waals surface area contributed by atoms with Crippen molar-refractivity contribution in [3.8, 4) is 11.5 Å². The van der Waals surface area contributed by atoms with E-state index < -0.39 is 16.7 Å². The van der Waals surface area contributed by atoms with Gasteiger partial charge in [0.05, 0.1) is 21.7 Å². The van der Waals surface area contributed by atoms with Gasteiger partial charge in [-0.3, -0.25) is 19.7 Å². The van der Waals surface area contributed by atoms with Gasteiger partial charge in [-0.05, 0) is 55.0 Å². The normalized spacial score (nSPS) is 12.8. The van der Waals surface area contributed by atoms with Crippen molar-refractivity contribution in [2.45, 2.75) is 6.92 Å². The zero-order valence-electron chi connectivity index (χ0n) is 15.1. The van der Waals surface area contributed by atoms with Crippen LogP contribution in [0.3, 0.4) is 0 Å². The summed E-state index contributed by atoms with van der Waals surface area (Å²) >= 11 is 5.88. The average molecular weight is 409 g/mol. The fraction of sp³-hybridized carbons (Fsp3) is 0.0476. The fourth-order valence-electron chi connectivity index (χ4n) is 3.19. The summed E-state index contributed by atoms with van der Waals surface area (Å²) in [6, 6.07) is 15.4. The van der Waals surface area contributed by atoms with E-state index in [0.29, 0.717) is 22.0 Å². The summed E-state index contributed by atoms with van der Waals surface area (Å²) < 4.78 is 5.81. The first-order valence-electron chi connectivity index (χ1n) is 8.57. The van der Waals surface area contributed by atoms with Crippen molar-refractivity contribution in [3.63, 3.8) is 0 Å². The van der Waals surface area contributed by atoms with Crippen LogP contribution in [0.1, 0.15) is 26.3 Å². The Balaban J connectivity index is 1.74. The Hall–Kier alpha value is -3.71. The summed E-state index contributed by atoms with van der Waals surface area (Å²) in [6.45, 7) is 1.61. The number of nitro benzene ring substituents is 1. The predicted molar refractivity (Wildman–Crippen MR) is 107 cm³/mol. The molecule has 0 aromatic heterocycles. The second-order valence-corrected chi connectivity index (χ2v) is 6.84. The summed E-state index contributed by atoms with van der Waals surface area (Å²) in [5, 5.41) is 11.5. The third-order valence-corrected chi connectivity index (χ3v) is 4.80. The van der Waals surface area contributed by atoms with Gasteiger partial charge >= 0.3 is 0 Å². The summed E-state index contributed by atoms with van der Waals surface area (Å²) in [7, 11) is 0. The zero-order chi connectivity index (χ0) is 20.7. The van der Waals surface area contributed by atoms with Crippen molar-refractivity contribution in [1.82, 2.24) is 0 Å². The van der Waals surface area contributed by atoms with Crippen molar-refractivity contribution in [3.05, 3.63) is 92.5 Å². The number of rotatable bonds is 4.